The number of ether oxygens (including phenoxy) is 1. The second-order valence-corrected chi connectivity index (χ2v) is 6.84. The molecule has 2 aromatic rings. The third-order valence-corrected chi connectivity index (χ3v) is 4.82. The quantitative estimate of drug-likeness (QED) is 0.586. The highest BCUT2D eigenvalue weighted by Gasteiger charge is 2.24. The monoisotopic (exact) mass is 354 g/mol. The van der Waals surface area contributed by atoms with Gasteiger partial charge in [0.25, 0.3) is 0 Å². The first-order chi connectivity index (χ1) is 11.5. The molecule has 1 aliphatic rings. The molecule has 0 radical (unpaired) electrons. The lowest BCUT2D eigenvalue weighted by molar-refractivity contribution is 0.0911. The summed E-state index contributed by atoms with van der Waals surface area (Å²) in [4.78, 5) is 12.4. The van der Waals surface area contributed by atoms with Crippen molar-refractivity contribution in [2.45, 2.75) is 42.8 Å². The second kappa shape index (κ2) is 7.35. The largest absolute Gasteiger partial charge is 0.376 e. The smallest absolute Gasteiger partial charge is 0.210 e. The van der Waals surface area contributed by atoms with Gasteiger partial charge in [-0.05, 0) is 42.3 Å². The van der Waals surface area contributed by atoms with Crippen LogP contribution in [0.5, 0.6) is 0 Å². The van der Waals surface area contributed by atoms with Gasteiger partial charge in [0.2, 0.25) is 5.16 Å². The van der Waals surface area contributed by atoms with E-state index in [0.717, 1.165) is 43.3 Å². The van der Waals surface area contributed by atoms with Crippen molar-refractivity contribution in [3.05, 3.63) is 35.4 Å². The van der Waals surface area contributed by atoms with Gasteiger partial charge in [-0.25, -0.2) is 13.5 Å². The lowest BCUT2D eigenvalue weighted by atomic mass is 10.1. The molecule has 1 aliphatic heterocycles. The molecular weight excluding hydrogens is 338 g/mol. The summed E-state index contributed by atoms with van der Waals surface area (Å²) in [6.45, 7) is 2.88. The van der Waals surface area contributed by atoms with Gasteiger partial charge in [0.05, 0.1) is 23.5 Å². The van der Waals surface area contributed by atoms with Gasteiger partial charge in [-0.2, -0.15) is 0 Å². The zero-order chi connectivity index (χ0) is 17.1. The Hall–Kier alpha value is -1.87. The van der Waals surface area contributed by atoms with Gasteiger partial charge in [0.15, 0.2) is 5.78 Å². The van der Waals surface area contributed by atoms with Crippen LogP contribution in [-0.2, 0) is 11.3 Å². The summed E-state index contributed by atoms with van der Waals surface area (Å²) >= 11 is 1.14. The Morgan fingerprint density at radius 3 is 3.04 bits per heavy atom. The molecule has 1 aromatic carbocycles. The number of halogens is 2. The van der Waals surface area contributed by atoms with E-state index in [9.17, 15) is 13.6 Å². The number of benzene rings is 1. The molecule has 1 saturated heterocycles. The zero-order valence-corrected chi connectivity index (χ0v) is 13.8. The normalized spacial score (nSPS) is 18.7. The number of rotatable bonds is 6. The van der Waals surface area contributed by atoms with E-state index in [0.29, 0.717) is 17.8 Å². The Balaban J connectivity index is 1.69. The van der Waals surface area contributed by atoms with Crippen molar-refractivity contribution in [1.82, 2.24) is 20.2 Å². The average molecular weight is 354 g/mol. The van der Waals surface area contributed by atoms with Crippen LogP contribution < -0.4 is 0 Å². The summed E-state index contributed by atoms with van der Waals surface area (Å²) in [5.74, 6) is -2.03. The maximum Gasteiger partial charge on any atom is 0.210 e. The van der Waals surface area contributed by atoms with E-state index in [1.54, 1.807) is 11.6 Å². The summed E-state index contributed by atoms with van der Waals surface area (Å²) in [5.41, 5.74) is -0.144. The van der Waals surface area contributed by atoms with Gasteiger partial charge in [0.1, 0.15) is 11.6 Å². The first-order valence-electron chi connectivity index (χ1n) is 7.58. The Morgan fingerprint density at radius 2 is 2.33 bits per heavy atom. The Kier molecular flexibility index (Phi) is 5.20. The molecule has 0 aliphatic carbocycles. The van der Waals surface area contributed by atoms with Gasteiger partial charge in [-0.3, -0.25) is 4.79 Å². The minimum Gasteiger partial charge on any atom is -0.376 e. The van der Waals surface area contributed by atoms with E-state index >= 15 is 0 Å². The number of nitrogens with zero attached hydrogens (tertiary/aromatic N) is 4. The van der Waals surface area contributed by atoms with Crippen molar-refractivity contribution in [3.63, 3.8) is 0 Å². The van der Waals surface area contributed by atoms with Crippen molar-refractivity contribution in [3.8, 4) is 0 Å². The van der Waals surface area contributed by atoms with Crippen LogP contribution in [0.1, 0.15) is 30.1 Å². The van der Waals surface area contributed by atoms with Gasteiger partial charge < -0.3 is 4.74 Å². The molecule has 0 spiro atoms. The fraction of sp³-hybridized carbons (Fsp3) is 0.467. The van der Waals surface area contributed by atoms with Gasteiger partial charge in [-0.15, -0.1) is 5.10 Å². The minimum atomic E-state index is -0.869. The molecule has 9 heteroatoms. The summed E-state index contributed by atoms with van der Waals surface area (Å²) in [6.07, 6.45) is 2.01. The lowest BCUT2D eigenvalue weighted by Crippen LogP contribution is -2.19. The minimum absolute atomic E-state index is 0.0633. The first-order valence-corrected chi connectivity index (χ1v) is 8.46. The molecule has 1 fully saturated rings. The third-order valence-electron chi connectivity index (χ3n) is 3.75. The van der Waals surface area contributed by atoms with Crippen LogP contribution in [0, 0.1) is 11.6 Å². The number of aromatic nitrogens is 4. The van der Waals surface area contributed by atoms with Crippen LogP contribution in [-0.4, -0.2) is 44.0 Å². The number of carbonyl (C=O) groups excluding carboxylic acids is 1. The number of hydrogen-bond donors (Lipinski definition) is 0. The molecule has 0 N–H and O–H groups in total. The number of ketones is 1. The van der Waals surface area contributed by atoms with Crippen LogP contribution in [0.2, 0.25) is 0 Å². The SMILES string of the molecule is CC(Sc1nnnn1CC1CCCO1)C(=O)c1ccc(F)cc1F. The molecule has 3 rings (SSSR count). The van der Waals surface area contributed by atoms with Gasteiger partial charge in [0, 0.05) is 12.7 Å². The molecule has 0 bridgehead atoms. The highest BCUT2D eigenvalue weighted by Crippen LogP contribution is 2.25. The Labute approximate surface area is 141 Å². The van der Waals surface area contributed by atoms with Crippen molar-refractivity contribution >= 4 is 17.5 Å². The average Bonchev–Trinajstić information content (AvgIpc) is 3.20. The molecule has 2 atom stereocenters. The Bertz CT molecular complexity index is 734. The summed E-state index contributed by atoms with van der Waals surface area (Å²) in [7, 11) is 0. The van der Waals surface area contributed by atoms with Crippen LogP contribution >= 0.6 is 11.8 Å². The lowest BCUT2D eigenvalue weighted by Gasteiger charge is -2.13. The molecule has 0 amide bonds. The van der Waals surface area contributed by atoms with Crippen LogP contribution in [0.3, 0.4) is 0 Å². The summed E-state index contributed by atoms with van der Waals surface area (Å²) in [5, 5.41) is 11.3. The van der Waals surface area contributed by atoms with E-state index in [-0.39, 0.29) is 11.7 Å². The predicted molar refractivity (Wildman–Crippen MR) is 82.8 cm³/mol. The van der Waals surface area contributed by atoms with Crippen LogP contribution in [0.15, 0.2) is 23.4 Å². The summed E-state index contributed by atoms with van der Waals surface area (Å²) < 4.78 is 33.9. The number of tetrazole rings is 1. The third kappa shape index (κ3) is 3.78. The standard InChI is InChI=1S/C15H16F2N4O2S/c1-9(14(22)12-5-4-10(16)7-13(12)17)24-15-18-19-20-21(15)8-11-3-2-6-23-11/h4-5,7,9,11H,2-3,6,8H2,1H3. The molecular formula is C15H16F2N4O2S. The van der Waals surface area contributed by atoms with E-state index in [4.69, 9.17) is 4.74 Å². The van der Waals surface area contributed by atoms with E-state index in [2.05, 4.69) is 15.5 Å². The van der Waals surface area contributed by atoms with Crippen LogP contribution in [0.4, 0.5) is 8.78 Å². The fourth-order valence-corrected chi connectivity index (χ4v) is 3.36. The van der Waals surface area contributed by atoms with Crippen LogP contribution in [0.25, 0.3) is 0 Å². The van der Waals surface area contributed by atoms with Crippen molar-refractivity contribution in [1.29, 1.82) is 0 Å². The van der Waals surface area contributed by atoms with Crippen molar-refractivity contribution < 1.29 is 18.3 Å². The van der Waals surface area contributed by atoms with E-state index in [1.807, 2.05) is 0 Å². The second-order valence-electron chi connectivity index (χ2n) is 5.53. The first kappa shape index (κ1) is 17.0. The molecule has 2 heterocycles. The highest BCUT2D eigenvalue weighted by atomic mass is 32.2. The Morgan fingerprint density at radius 1 is 1.50 bits per heavy atom. The number of Topliss-reactive ketones (excluding diaryl/α,β-unsaturated/α-hetero) is 1. The summed E-state index contributed by atoms with van der Waals surface area (Å²) in [6, 6.07) is 2.92. The number of thioether (sulfide) groups is 1. The van der Waals surface area contributed by atoms with E-state index < -0.39 is 22.7 Å². The number of carbonyl (C=O) groups is 1. The zero-order valence-electron chi connectivity index (χ0n) is 13.0. The molecule has 2 unspecified atom stereocenters. The molecule has 24 heavy (non-hydrogen) atoms. The topological polar surface area (TPSA) is 69.9 Å². The maximum atomic E-state index is 13.8. The van der Waals surface area contributed by atoms with Crippen molar-refractivity contribution in [2.24, 2.45) is 0 Å². The van der Waals surface area contributed by atoms with Gasteiger partial charge >= 0.3 is 0 Å². The predicted octanol–water partition coefficient (Wildman–Crippen LogP) is 2.49. The fourth-order valence-electron chi connectivity index (χ4n) is 2.50. The molecule has 6 nitrogen and oxygen atoms in total. The number of hydrogen-bond acceptors (Lipinski definition) is 6. The molecule has 128 valence electrons. The maximum absolute atomic E-state index is 13.8. The molecule has 1 aromatic heterocycles. The van der Waals surface area contributed by atoms with Gasteiger partial charge in [-0.1, -0.05) is 11.8 Å². The van der Waals surface area contributed by atoms with Crippen molar-refractivity contribution in [2.75, 3.05) is 6.61 Å². The highest BCUT2D eigenvalue weighted by molar-refractivity contribution is 8.00. The van der Waals surface area contributed by atoms with E-state index in [1.165, 1.54) is 0 Å². The molecule has 0 saturated carbocycles.